The summed E-state index contributed by atoms with van der Waals surface area (Å²) in [7, 11) is 1.54. The maximum absolute atomic E-state index is 10.7. The lowest BCUT2D eigenvalue weighted by Gasteiger charge is -2.28. The van der Waals surface area contributed by atoms with E-state index in [4.69, 9.17) is 4.74 Å². The number of anilines is 3. The molecule has 0 radical (unpaired) electrons. The van der Waals surface area contributed by atoms with Gasteiger partial charge in [0.1, 0.15) is 16.9 Å². The van der Waals surface area contributed by atoms with Crippen LogP contribution in [0.25, 0.3) is 10.6 Å². The van der Waals surface area contributed by atoms with Gasteiger partial charge < -0.3 is 30.7 Å². The fraction of sp³-hybridized carbons (Fsp3) is 0.455. The second-order valence-electron chi connectivity index (χ2n) is 8.69. The minimum Gasteiger partial charge on any atom is -0.481 e. The zero-order valence-corrected chi connectivity index (χ0v) is 19.7. The van der Waals surface area contributed by atoms with E-state index in [-0.39, 0.29) is 0 Å². The van der Waals surface area contributed by atoms with Crippen molar-refractivity contribution in [2.24, 2.45) is 5.92 Å². The summed E-state index contributed by atoms with van der Waals surface area (Å²) in [5, 5.41) is 40.7. The number of hydrogen-bond acceptors (Lipinski definition) is 11. The summed E-state index contributed by atoms with van der Waals surface area (Å²) in [4.78, 5) is 17.7. The minimum atomic E-state index is -1.13. The molecule has 3 aromatic rings. The molecule has 3 aromatic heterocycles. The van der Waals surface area contributed by atoms with E-state index in [2.05, 4.69) is 30.6 Å². The average molecular weight is 473 g/mol. The first-order chi connectivity index (χ1) is 15.7. The molecule has 5 N–H and O–H groups in total. The summed E-state index contributed by atoms with van der Waals surface area (Å²) in [6, 6.07) is 2.97. The molecule has 4 atom stereocenters. The summed E-state index contributed by atoms with van der Waals surface area (Å²) in [5.41, 5.74) is 1.12. The summed E-state index contributed by atoms with van der Waals surface area (Å²) in [6.45, 7) is 5.18. The molecule has 1 aliphatic carbocycles. The number of aliphatic hydroxyl groups excluding tert-OH is 2. The molecule has 10 nitrogen and oxygen atoms in total. The molecule has 1 fully saturated rings. The van der Waals surface area contributed by atoms with Gasteiger partial charge in [-0.05, 0) is 33.3 Å². The van der Waals surface area contributed by atoms with Gasteiger partial charge in [-0.15, -0.1) is 11.3 Å². The van der Waals surface area contributed by atoms with E-state index in [9.17, 15) is 15.3 Å². The molecule has 11 heteroatoms. The van der Waals surface area contributed by atoms with Crippen LogP contribution >= 0.6 is 11.3 Å². The van der Waals surface area contributed by atoms with Crippen LogP contribution in [0.4, 0.5) is 17.5 Å². The number of methoxy groups -OCH3 is 1. The van der Waals surface area contributed by atoms with Crippen LogP contribution in [0.3, 0.4) is 0 Å². The van der Waals surface area contributed by atoms with Crippen molar-refractivity contribution in [3.63, 3.8) is 0 Å². The number of ether oxygens (including phenoxy) is 1. The van der Waals surface area contributed by atoms with E-state index in [1.807, 2.05) is 12.3 Å². The molecule has 176 valence electrons. The first-order valence-electron chi connectivity index (χ1n) is 10.6. The number of rotatable bonds is 7. The Morgan fingerprint density at radius 2 is 1.97 bits per heavy atom. The van der Waals surface area contributed by atoms with Gasteiger partial charge in [0.05, 0.1) is 30.4 Å². The summed E-state index contributed by atoms with van der Waals surface area (Å²) in [6.07, 6.45) is 1.52. The van der Waals surface area contributed by atoms with Crippen molar-refractivity contribution in [3.05, 3.63) is 35.6 Å². The quantitative estimate of drug-likeness (QED) is 0.347. The third kappa shape index (κ3) is 5.06. The second kappa shape index (κ2) is 9.18. The Morgan fingerprint density at radius 1 is 1.18 bits per heavy atom. The van der Waals surface area contributed by atoms with E-state index < -0.39 is 29.8 Å². The first kappa shape index (κ1) is 23.3. The van der Waals surface area contributed by atoms with E-state index in [0.717, 1.165) is 10.7 Å². The maximum Gasteiger partial charge on any atom is 0.229 e. The molecular weight excluding hydrogens is 444 g/mol. The third-order valence-corrected chi connectivity index (χ3v) is 6.74. The normalized spacial score (nSPS) is 22.9. The van der Waals surface area contributed by atoms with Gasteiger partial charge in [0.25, 0.3) is 0 Å². The van der Waals surface area contributed by atoms with Crippen LogP contribution in [-0.2, 0) is 0 Å². The number of thiazole rings is 1. The number of nitrogens with zero attached hydrogens (tertiary/aromatic N) is 4. The molecule has 3 heterocycles. The number of aryl methyl sites for hydroxylation is 1. The molecule has 0 amide bonds. The lowest BCUT2D eigenvalue weighted by molar-refractivity contribution is -0.0601. The number of aromatic nitrogens is 4. The Morgan fingerprint density at radius 3 is 2.61 bits per heavy atom. The molecule has 1 saturated carbocycles. The van der Waals surface area contributed by atoms with Gasteiger partial charge >= 0.3 is 0 Å². The Hall–Kier alpha value is -2.86. The lowest BCUT2D eigenvalue weighted by Crippen LogP contribution is -2.40. The van der Waals surface area contributed by atoms with Crippen LogP contribution in [-0.4, -0.2) is 66.2 Å². The summed E-state index contributed by atoms with van der Waals surface area (Å²) < 4.78 is 5.16. The highest BCUT2D eigenvalue weighted by Gasteiger charge is 2.47. The summed E-state index contributed by atoms with van der Waals surface area (Å²) >= 11 is 1.47. The Kier molecular flexibility index (Phi) is 6.48. The fourth-order valence-corrected chi connectivity index (χ4v) is 4.78. The molecule has 0 saturated heterocycles. The minimum absolute atomic E-state index is 0.329. The van der Waals surface area contributed by atoms with E-state index in [1.165, 1.54) is 18.4 Å². The van der Waals surface area contributed by atoms with Crippen LogP contribution in [0.2, 0.25) is 0 Å². The van der Waals surface area contributed by atoms with Gasteiger partial charge in [-0.2, -0.15) is 4.98 Å². The Labute approximate surface area is 195 Å². The number of nitrogens with one attached hydrogen (secondary N) is 2. The van der Waals surface area contributed by atoms with Gasteiger partial charge in [-0.3, -0.25) is 0 Å². The van der Waals surface area contributed by atoms with Crippen LogP contribution < -0.4 is 15.4 Å². The number of pyridine rings is 1. The Bertz CT molecular complexity index is 1120. The molecule has 0 spiro atoms. The number of aliphatic hydroxyl groups is 3. The van der Waals surface area contributed by atoms with Gasteiger partial charge in [-0.25, -0.2) is 15.0 Å². The van der Waals surface area contributed by atoms with Crippen molar-refractivity contribution < 1.29 is 20.1 Å². The highest BCUT2D eigenvalue weighted by Crippen LogP contribution is 2.38. The van der Waals surface area contributed by atoms with Crippen molar-refractivity contribution in [1.29, 1.82) is 0 Å². The largest absolute Gasteiger partial charge is 0.481 e. The van der Waals surface area contributed by atoms with Gasteiger partial charge in [0.15, 0.2) is 0 Å². The molecule has 4 unspecified atom stereocenters. The topological polar surface area (TPSA) is 146 Å². The van der Waals surface area contributed by atoms with Crippen LogP contribution in [0, 0.1) is 12.8 Å². The van der Waals surface area contributed by atoms with Gasteiger partial charge in [0, 0.05) is 41.1 Å². The Balaban J connectivity index is 1.66. The lowest BCUT2D eigenvalue weighted by atomic mass is 9.88. The molecule has 4 rings (SSSR count). The molecule has 0 aromatic carbocycles. The molecular formula is C22H28N6O4S. The van der Waals surface area contributed by atoms with Gasteiger partial charge in [0.2, 0.25) is 11.8 Å². The second-order valence-corrected chi connectivity index (χ2v) is 9.55. The predicted octanol–water partition coefficient (Wildman–Crippen LogP) is 2.35. The van der Waals surface area contributed by atoms with Crippen molar-refractivity contribution in [2.45, 2.75) is 51.0 Å². The van der Waals surface area contributed by atoms with Gasteiger partial charge in [-0.1, -0.05) is 0 Å². The zero-order valence-electron chi connectivity index (χ0n) is 18.9. The third-order valence-electron chi connectivity index (χ3n) is 5.75. The highest BCUT2D eigenvalue weighted by molar-refractivity contribution is 7.13. The van der Waals surface area contributed by atoms with Crippen molar-refractivity contribution >= 4 is 28.8 Å². The number of hydrogen-bond donors (Lipinski definition) is 5. The van der Waals surface area contributed by atoms with Crippen LogP contribution in [0.5, 0.6) is 5.88 Å². The van der Waals surface area contributed by atoms with Crippen molar-refractivity contribution in [3.8, 4) is 16.5 Å². The van der Waals surface area contributed by atoms with E-state index in [0.29, 0.717) is 35.3 Å². The van der Waals surface area contributed by atoms with E-state index >= 15 is 0 Å². The maximum atomic E-state index is 10.7. The fourth-order valence-electron chi connectivity index (χ4n) is 3.97. The van der Waals surface area contributed by atoms with Crippen LogP contribution in [0.1, 0.15) is 26.0 Å². The van der Waals surface area contributed by atoms with E-state index in [1.54, 1.807) is 38.4 Å². The van der Waals surface area contributed by atoms with Crippen molar-refractivity contribution in [2.75, 3.05) is 17.7 Å². The summed E-state index contributed by atoms with van der Waals surface area (Å²) in [5.74, 6) is 0.763. The SMILES string of the molecule is COc1cc(Nc2ncc(-c3nc(C)cs3)c(NC3CC(C(C)(C)O)C(O)C3O)n2)ccn1. The molecule has 33 heavy (non-hydrogen) atoms. The van der Waals surface area contributed by atoms with Crippen LogP contribution in [0.15, 0.2) is 29.9 Å². The van der Waals surface area contributed by atoms with Crippen molar-refractivity contribution in [1.82, 2.24) is 19.9 Å². The predicted molar refractivity (Wildman–Crippen MR) is 126 cm³/mol. The standard InChI is InChI=1S/C22H28N6O4S/c1-11-10-33-20(25-11)13-9-24-21(26-12-5-6-23-16(7-12)32-4)28-19(13)27-15-8-14(22(2,3)31)17(29)18(15)30/h5-7,9-10,14-15,17-18,29-31H,8H2,1-4H3,(H2,23,24,26,27,28). The smallest absolute Gasteiger partial charge is 0.229 e. The molecule has 1 aliphatic rings. The zero-order chi connectivity index (χ0) is 23.8. The monoisotopic (exact) mass is 472 g/mol. The molecule has 0 aliphatic heterocycles. The first-order valence-corrected chi connectivity index (χ1v) is 11.5. The molecule has 0 bridgehead atoms. The highest BCUT2D eigenvalue weighted by atomic mass is 32.1. The average Bonchev–Trinajstić information content (AvgIpc) is 3.32.